The van der Waals surface area contributed by atoms with Crippen molar-refractivity contribution in [3.8, 4) is 22.5 Å². The number of aliphatic hydroxyl groups is 2. The summed E-state index contributed by atoms with van der Waals surface area (Å²) in [5.74, 6) is -0.206. The Labute approximate surface area is 245 Å². The van der Waals surface area contributed by atoms with Crippen LogP contribution in [0.15, 0.2) is 48.5 Å². The third-order valence-corrected chi connectivity index (χ3v) is 7.57. The summed E-state index contributed by atoms with van der Waals surface area (Å²) < 4.78 is 7.44. The fourth-order valence-electron chi connectivity index (χ4n) is 5.01. The number of aryl methyl sites for hydroxylation is 1. The van der Waals surface area contributed by atoms with E-state index in [1.807, 2.05) is 53.1 Å². The van der Waals surface area contributed by atoms with Crippen LogP contribution in [0.1, 0.15) is 49.5 Å². The van der Waals surface area contributed by atoms with Crippen LogP contribution in [0.4, 0.5) is 0 Å². The number of carbonyl (C=O) groups is 1. The quantitative estimate of drug-likeness (QED) is 0.147. The van der Waals surface area contributed by atoms with Gasteiger partial charge in [0.15, 0.2) is 17.5 Å². The molecule has 2 aromatic carbocycles. The first kappa shape index (κ1) is 29.8. The molecule has 5 rings (SSSR count). The molecule has 0 saturated carbocycles. The van der Waals surface area contributed by atoms with Crippen molar-refractivity contribution in [2.24, 2.45) is 0 Å². The number of carboxylic acid groups (broad SMARTS) is 1. The summed E-state index contributed by atoms with van der Waals surface area (Å²) in [7, 11) is 0. The van der Waals surface area contributed by atoms with Crippen molar-refractivity contribution >= 4 is 17.6 Å². The van der Waals surface area contributed by atoms with Gasteiger partial charge in [-0.15, -0.1) is 15.0 Å². The number of hydrogen-bond donors (Lipinski definition) is 4. The Balaban J connectivity index is 1.40. The van der Waals surface area contributed by atoms with Gasteiger partial charge < -0.3 is 24.6 Å². The molecule has 4 atom stereocenters. The Kier molecular flexibility index (Phi) is 9.26. The molecule has 4 aromatic rings. The lowest BCUT2D eigenvalue weighted by Gasteiger charge is -2.34. The summed E-state index contributed by atoms with van der Waals surface area (Å²) in [6.45, 7) is 2.41. The van der Waals surface area contributed by atoms with E-state index < -0.39 is 30.5 Å². The summed E-state index contributed by atoms with van der Waals surface area (Å²) in [5, 5.41) is 51.8. The second-order valence-corrected chi connectivity index (χ2v) is 10.4. The molecular weight excluding hydrogens is 568 g/mol. The monoisotopic (exact) mass is 598 g/mol. The lowest BCUT2D eigenvalue weighted by atomic mass is 9.98. The van der Waals surface area contributed by atoms with Crippen LogP contribution in [-0.4, -0.2) is 74.6 Å². The van der Waals surface area contributed by atoms with Gasteiger partial charge in [0.1, 0.15) is 18.0 Å². The first-order valence-electron chi connectivity index (χ1n) is 13.5. The third-order valence-electron chi connectivity index (χ3n) is 7.27. The molecule has 4 N–H and O–H groups in total. The van der Waals surface area contributed by atoms with E-state index >= 15 is 0 Å². The van der Waals surface area contributed by atoms with Crippen molar-refractivity contribution in [2.75, 3.05) is 0 Å². The molecule has 3 heterocycles. The molecule has 1 aliphatic heterocycles. The molecule has 14 heteroatoms. The van der Waals surface area contributed by atoms with Gasteiger partial charge in [-0.3, -0.25) is 5.26 Å². The number of unbranched alkanes of at least 4 members (excludes halogenated alkanes) is 1. The predicted octanol–water partition coefficient (Wildman–Crippen LogP) is 3.33. The average molecular weight is 599 g/mol. The van der Waals surface area contributed by atoms with Crippen LogP contribution in [0.3, 0.4) is 0 Å². The number of aliphatic hydroxyl groups excluding tert-OH is 2. The van der Waals surface area contributed by atoms with Crippen molar-refractivity contribution in [1.82, 2.24) is 29.8 Å². The first-order chi connectivity index (χ1) is 20.3. The molecule has 13 nitrogen and oxygen atoms in total. The largest absolute Gasteiger partial charge is 0.479 e. The van der Waals surface area contributed by atoms with E-state index in [1.54, 1.807) is 0 Å². The van der Waals surface area contributed by atoms with Crippen LogP contribution in [-0.2, 0) is 34.0 Å². The molecule has 1 aliphatic rings. The fourth-order valence-corrected chi connectivity index (χ4v) is 5.26. The zero-order valence-corrected chi connectivity index (χ0v) is 23.5. The van der Waals surface area contributed by atoms with E-state index in [0.717, 1.165) is 46.6 Å². The standard InChI is InChI=1S/C28H31ClN6O7/c1-2-3-8-23-30-25(29)20(15-36)34(23)14-16-9-11-17(12-10-16)18-6-4-5-7-19(18)26-31-33-35(32-26)27-24(37)21(42-40)13-22(41-27)28(38)39/h4-7,9-12,21-22,24,27,36-37,40H,2-3,8,13-15H2,1H3,(H,38,39). The van der Waals surface area contributed by atoms with E-state index in [9.17, 15) is 20.1 Å². The second kappa shape index (κ2) is 13.1. The number of aromatic nitrogens is 6. The van der Waals surface area contributed by atoms with Gasteiger partial charge >= 0.3 is 5.97 Å². The van der Waals surface area contributed by atoms with E-state index in [0.29, 0.717) is 23.0 Å². The highest BCUT2D eigenvalue weighted by Crippen LogP contribution is 2.32. The van der Waals surface area contributed by atoms with E-state index in [4.69, 9.17) is 21.6 Å². The Morgan fingerprint density at radius 1 is 1.17 bits per heavy atom. The van der Waals surface area contributed by atoms with Gasteiger partial charge in [0, 0.05) is 24.9 Å². The molecule has 4 unspecified atom stereocenters. The lowest BCUT2D eigenvalue weighted by Crippen LogP contribution is -2.49. The third kappa shape index (κ3) is 6.07. The number of halogens is 1. The summed E-state index contributed by atoms with van der Waals surface area (Å²) >= 11 is 6.30. The average Bonchev–Trinajstić information content (AvgIpc) is 3.60. The number of ether oxygens (including phenoxy) is 1. The van der Waals surface area contributed by atoms with Crippen LogP contribution in [0.25, 0.3) is 22.5 Å². The molecule has 0 amide bonds. The van der Waals surface area contributed by atoms with Crippen molar-refractivity contribution in [3.05, 3.63) is 70.8 Å². The summed E-state index contributed by atoms with van der Waals surface area (Å²) in [5.41, 5.74) is 3.94. The number of aliphatic carboxylic acids is 1. The van der Waals surface area contributed by atoms with Crippen molar-refractivity contribution < 1.29 is 35.0 Å². The van der Waals surface area contributed by atoms with Gasteiger partial charge in [-0.1, -0.05) is 73.5 Å². The SMILES string of the molecule is CCCCc1nc(Cl)c(CO)n1Cc1ccc(-c2ccccc2-c2nnn(C3OC(C(=O)O)CC(OO)C3O)n2)cc1. The number of carboxylic acids is 1. The van der Waals surface area contributed by atoms with E-state index in [1.165, 1.54) is 0 Å². The first-order valence-corrected chi connectivity index (χ1v) is 13.9. The van der Waals surface area contributed by atoms with Crippen molar-refractivity contribution in [1.29, 1.82) is 0 Å². The van der Waals surface area contributed by atoms with Crippen LogP contribution in [0.2, 0.25) is 5.15 Å². The summed E-state index contributed by atoms with van der Waals surface area (Å²) in [6.07, 6.45) is -2.83. The zero-order chi connectivity index (χ0) is 29.8. The Bertz CT molecular complexity index is 1530. The minimum atomic E-state index is -1.44. The van der Waals surface area contributed by atoms with Gasteiger partial charge in [0.05, 0.1) is 12.3 Å². The van der Waals surface area contributed by atoms with Crippen LogP contribution < -0.4 is 0 Å². The van der Waals surface area contributed by atoms with Crippen LogP contribution in [0, 0.1) is 0 Å². The predicted molar refractivity (Wildman–Crippen MR) is 149 cm³/mol. The van der Waals surface area contributed by atoms with E-state index in [2.05, 4.69) is 32.2 Å². The molecule has 222 valence electrons. The number of benzene rings is 2. The van der Waals surface area contributed by atoms with Gasteiger partial charge in [-0.25, -0.2) is 14.7 Å². The molecule has 0 spiro atoms. The normalized spacial score (nSPS) is 20.6. The van der Waals surface area contributed by atoms with Crippen LogP contribution >= 0.6 is 11.6 Å². The number of rotatable bonds is 11. The molecule has 42 heavy (non-hydrogen) atoms. The molecule has 0 radical (unpaired) electrons. The maximum Gasteiger partial charge on any atom is 0.333 e. The topological polar surface area (TPSA) is 178 Å². The molecule has 1 saturated heterocycles. The van der Waals surface area contributed by atoms with Gasteiger partial charge in [-0.05, 0) is 28.3 Å². The number of imidazole rings is 1. The van der Waals surface area contributed by atoms with Gasteiger partial charge in [0.2, 0.25) is 5.82 Å². The fraction of sp³-hybridized carbons (Fsp3) is 0.393. The summed E-state index contributed by atoms with van der Waals surface area (Å²) in [4.78, 5) is 21.2. The Morgan fingerprint density at radius 2 is 1.90 bits per heavy atom. The molecule has 2 aromatic heterocycles. The second-order valence-electron chi connectivity index (χ2n) is 10.0. The smallest absolute Gasteiger partial charge is 0.333 e. The van der Waals surface area contributed by atoms with Crippen LogP contribution in [0.5, 0.6) is 0 Å². The lowest BCUT2D eigenvalue weighted by molar-refractivity contribution is -0.333. The highest BCUT2D eigenvalue weighted by atomic mass is 35.5. The summed E-state index contributed by atoms with van der Waals surface area (Å²) in [6, 6.07) is 15.4. The highest BCUT2D eigenvalue weighted by Gasteiger charge is 2.44. The minimum absolute atomic E-state index is 0.204. The van der Waals surface area contributed by atoms with Crippen molar-refractivity contribution in [3.63, 3.8) is 0 Å². The molecule has 1 fully saturated rings. The molecular formula is C28H31ClN6O7. The Hall–Kier alpha value is -3.72. The number of hydrogen-bond acceptors (Lipinski definition) is 10. The van der Waals surface area contributed by atoms with Gasteiger partial charge in [-0.2, -0.15) is 0 Å². The number of nitrogens with zero attached hydrogens (tertiary/aromatic N) is 6. The van der Waals surface area contributed by atoms with Gasteiger partial charge in [0.25, 0.3) is 0 Å². The highest BCUT2D eigenvalue weighted by molar-refractivity contribution is 6.30. The Morgan fingerprint density at radius 3 is 2.57 bits per heavy atom. The molecule has 0 aliphatic carbocycles. The minimum Gasteiger partial charge on any atom is -0.479 e. The van der Waals surface area contributed by atoms with Crippen molar-refractivity contribution in [2.45, 2.75) is 70.3 Å². The number of tetrazole rings is 1. The maximum atomic E-state index is 11.5. The zero-order valence-electron chi connectivity index (χ0n) is 22.7. The van der Waals surface area contributed by atoms with E-state index in [-0.39, 0.29) is 18.9 Å². The maximum absolute atomic E-state index is 11.5. The molecule has 0 bridgehead atoms.